The molecule has 2 nitrogen and oxygen atoms in total. The summed E-state index contributed by atoms with van der Waals surface area (Å²) in [5.74, 6) is 0. The molecule has 128 heavy (non-hydrogen) atoms. The summed E-state index contributed by atoms with van der Waals surface area (Å²) < 4.78 is 0. The molecule has 22 aromatic carbocycles. The van der Waals surface area contributed by atoms with E-state index in [0.717, 1.165) is 61.9 Å². The molecule has 26 rings (SSSR count). The van der Waals surface area contributed by atoms with E-state index in [2.05, 4.69) is 495 Å². The first-order valence-electron chi connectivity index (χ1n) is 44.6. The molecule has 22 aromatic rings. The summed E-state index contributed by atoms with van der Waals surface area (Å²) in [5, 5.41) is 9.68. The molecule has 1 atom stereocenters. The van der Waals surface area contributed by atoms with Crippen LogP contribution in [0.25, 0.3) is 165 Å². The van der Waals surface area contributed by atoms with E-state index in [9.17, 15) is 0 Å². The summed E-state index contributed by atoms with van der Waals surface area (Å²) in [4.78, 5) is 4.94. The Morgan fingerprint density at radius 1 is 0.125 bits per heavy atom. The molecule has 0 fully saturated rings. The third-order valence-electron chi connectivity index (χ3n) is 28.2. The van der Waals surface area contributed by atoms with Crippen molar-refractivity contribution in [2.45, 2.75) is 10.8 Å². The van der Waals surface area contributed by atoms with Crippen molar-refractivity contribution in [1.29, 1.82) is 0 Å². The zero-order chi connectivity index (χ0) is 84.1. The van der Waals surface area contributed by atoms with E-state index in [4.69, 9.17) is 0 Å². The molecular weight excluding hydrogens is 1540 g/mol. The second-order valence-corrected chi connectivity index (χ2v) is 34.8. The van der Waals surface area contributed by atoms with E-state index < -0.39 is 10.8 Å². The van der Waals surface area contributed by atoms with Gasteiger partial charge in [-0.1, -0.05) is 388 Å². The van der Waals surface area contributed by atoms with Crippen molar-refractivity contribution in [3.8, 4) is 122 Å². The van der Waals surface area contributed by atoms with E-state index in [0.29, 0.717) is 0 Å². The first kappa shape index (κ1) is 73.1. The van der Waals surface area contributed by atoms with Crippen molar-refractivity contribution in [2.75, 3.05) is 9.80 Å². The van der Waals surface area contributed by atoms with Crippen LogP contribution in [-0.4, -0.2) is 0 Å². The highest BCUT2D eigenvalue weighted by molar-refractivity contribution is 6.13. The second-order valence-electron chi connectivity index (χ2n) is 34.8. The third-order valence-corrected chi connectivity index (χ3v) is 28.2. The van der Waals surface area contributed by atoms with Crippen LogP contribution in [0.4, 0.5) is 34.1 Å². The Labute approximate surface area is 744 Å². The molecule has 0 saturated heterocycles. The van der Waals surface area contributed by atoms with Crippen molar-refractivity contribution in [1.82, 2.24) is 0 Å². The SMILES string of the molecule is c1ccc(-c2c(-c3cccc(-c4ccc(N(c5ccc6c(c5)C5(c7ccccc7-c7cc(-c8cc(-c9cccc(-c%10ccc(N(c%11ccc%12c(c%11)C%11(c%13ccccc%13-c%13ccccc%13%11)c%11ccccc%11-%12)c%11ccc%12ccccc%12c%11)cc%10)c9)c(-c9ccccc9)c9ccccc89)ccc75)c5ccccc5-6)c5ccc6ccccc6c5)cc4)c3)ccc3ccccc23)cc1. The summed E-state index contributed by atoms with van der Waals surface area (Å²) in [7, 11) is 0. The Bertz CT molecular complexity index is 8260. The fraction of sp³-hybridized carbons (Fsp3) is 0.0159. The van der Waals surface area contributed by atoms with E-state index in [1.807, 2.05) is 0 Å². The molecule has 0 aliphatic heterocycles. The maximum Gasteiger partial charge on any atom is 0.0726 e. The van der Waals surface area contributed by atoms with Gasteiger partial charge in [-0.05, 0) is 307 Å². The van der Waals surface area contributed by atoms with Crippen molar-refractivity contribution in [3.63, 3.8) is 0 Å². The Morgan fingerprint density at radius 3 is 0.922 bits per heavy atom. The Hall–Kier alpha value is -16.5. The predicted octanol–water partition coefficient (Wildman–Crippen LogP) is 33.6. The maximum absolute atomic E-state index is 2.53. The van der Waals surface area contributed by atoms with Gasteiger partial charge in [0.2, 0.25) is 0 Å². The molecule has 4 aliphatic carbocycles. The summed E-state index contributed by atoms with van der Waals surface area (Å²) in [6.45, 7) is 0. The van der Waals surface area contributed by atoms with Crippen LogP contribution in [0.5, 0.6) is 0 Å². The van der Waals surface area contributed by atoms with Gasteiger partial charge in [0.15, 0.2) is 0 Å². The lowest BCUT2D eigenvalue weighted by Gasteiger charge is -2.32. The van der Waals surface area contributed by atoms with Crippen LogP contribution in [0, 0.1) is 0 Å². The first-order chi connectivity index (χ1) is 63.5. The fourth-order valence-corrected chi connectivity index (χ4v) is 22.7. The molecule has 0 bridgehead atoms. The van der Waals surface area contributed by atoms with Crippen LogP contribution >= 0.6 is 0 Å². The number of benzene rings is 22. The number of rotatable bonds is 13. The molecule has 0 heterocycles. The van der Waals surface area contributed by atoms with E-state index in [-0.39, 0.29) is 0 Å². The molecule has 0 amide bonds. The smallest absolute Gasteiger partial charge is 0.0726 e. The van der Waals surface area contributed by atoms with Gasteiger partial charge in [-0.2, -0.15) is 0 Å². The molecule has 0 radical (unpaired) electrons. The van der Waals surface area contributed by atoms with Crippen LogP contribution in [0.15, 0.2) is 485 Å². The minimum atomic E-state index is -0.645. The lowest BCUT2D eigenvalue weighted by Crippen LogP contribution is -2.26. The minimum Gasteiger partial charge on any atom is -0.310 e. The lowest BCUT2D eigenvalue weighted by atomic mass is 9.70. The van der Waals surface area contributed by atoms with Crippen LogP contribution in [0.2, 0.25) is 0 Å². The largest absolute Gasteiger partial charge is 0.310 e. The first-order valence-corrected chi connectivity index (χ1v) is 44.6. The van der Waals surface area contributed by atoms with Gasteiger partial charge in [0, 0.05) is 34.1 Å². The number of anilines is 6. The van der Waals surface area contributed by atoms with Gasteiger partial charge in [0.1, 0.15) is 0 Å². The van der Waals surface area contributed by atoms with Gasteiger partial charge in [0.25, 0.3) is 0 Å². The second kappa shape index (κ2) is 29.1. The molecule has 0 N–H and O–H groups in total. The highest BCUT2D eigenvalue weighted by Crippen LogP contribution is 2.66. The maximum atomic E-state index is 2.53. The van der Waals surface area contributed by atoms with Gasteiger partial charge in [-0.15, -0.1) is 0 Å². The molecule has 1 unspecified atom stereocenters. The number of hydrogen-bond donors (Lipinski definition) is 0. The van der Waals surface area contributed by atoms with Crippen LogP contribution in [-0.2, 0) is 10.8 Å². The highest BCUT2D eigenvalue weighted by Gasteiger charge is 2.54. The molecule has 0 saturated carbocycles. The van der Waals surface area contributed by atoms with E-state index >= 15 is 0 Å². The number of hydrogen-bond acceptors (Lipinski definition) is 2. The third kappa shape index (κ3) is 11.1. The Morgan fingerprint density at radius 2 is 0.438 bits per heavy atom. The fourth-order valence-electron chi connectivity index (χ4n) is 22.7. The zero-order valence-corrected chi connectivity index (χ0v) is 70.1. The molecular formula is C126H80N2. The highest BCUT2D eigenvalue weighted by atomic mass is 15.1. The summed E-state index contributed by atoms with van der Waals surface area (Å²) in [5.41, 5.74) is 42.5. The van der Waals surface area contributed by atoms with Gasteiger partial charge in [-0.3, -0.25) is 0 Å². The normalized spacial score (nSPS) is 13.7. The lowest BCUT2D eigenvalue weighted by molar-refractivity contribution is 0.793. The minimum absolute atomic E-state index is 0.488. The average Bonchev–Trinajstić information content (AvgIpc) is 1.51. The summed E-state index contributed by atoms with van der Waals surface area (Å²) in [6.07, 6.45) is 0. The van der Waals surface area contributed by atoms with Gasteiger partial charge < -0.3 is 9.80 Å². The zero-order valence-electron chi connectivity index (χ0n) is 70.1. The molecule has 594 valence electrons. The number of fused-ring (bicyclic) bond motifs is 24. The van der Waals surface area contributed by atoms with E-state index in [1.165, 1.54) is 182 Å². The van der Waals surface area contributed by atoms with Crippen molar-refractivity contribution in [2.24, 2.45) is 0 Å². The van der Waals surface area contributed by atoms with Crippen molar-refractivity contribution in [3.05, 3.63) is 530 Å². The standard InChI is InChI=1S/C126H80N2/c1-3-30-86(31-4-1)123-101-40-12-11-29-85(101)59-69-102(123)92-38-25-36-88(73-92)83-53-61-95(62-54-83)128(98-66-58-82-28-8-10-35-91(82)76-98)100-68-71-110-107-45-18-23-51-118(107)126(122(110)79-100)119-52-24-19-46-108(119)114-77-94(60-72-120(114)126)112-80-113(124(87-32-5-2-6-33-87)111-47-14-13-41-103(111)112)93-39-26-37-89(74-93)84-55-63-96(64-56-84)127(97-65-57-81-27-7-9-34-90(81)75-97)99-67-70-109-106-44-17-22-50-117(106)125(121(109)78-99)115-48-20-15-42-104(115)105-43-16-21-49-116(105)125/h1-80H. The quantitative estimate of drug-likeness (QED) is 0.114. The monoisotopic (exact) mass is 1620 g/mol. The molecule has 0 aromatic heterocycles. The van der Waals surface area contributed by atoms with Crippen LogP contribution in [0.3, 0.4) is 0 Å². The average molecular weight is 1620 g/mol. The topological polar surface area (TPSA) is 6.48 Å². The van der Waals surface area contributed by atoms with Gasteiger partial charge >= 0.3 is 0 Å². The summed E-state index contributed by atoms with van der Waals surface area (Å²) in [6, 6.07) is 183. The van der Waals surface area contributed by atoms with Gasteiger partial charge in [0.05, 0.1) is 10.8 Å². The van der Waals surface area contributed by atoms with Crippen molar-refractivity contribution >= 4 is 77.2 Å². The summed E-state index contributed by atoms with van der Waals surface area (Å²) >= 11 is 0. The Kier molecular flexibility index (Phi) is 16.6. The predicted molar refractivity (Wildman–Crippen MR) is 536 cm³/mol. The molecule has 2 spiro atoms. The van der Waals surface area contributed by atoms with Gasteiger partial charge in [-0.25, -0.2) is 0 Å². The Balaban J connectivity index is 0.585. The molecule has 2 heteroatoms. The van der Waals surface area contributed by atoms with Crippen LogP contribution < -0.4 is 9.80 Å². The van der Waals surface area contributed by atoms with E-state index in [1.54, 1.807) is 0 Å². The number of nitrogens with zero attached hydrogens (tertiary/aromatic N) is 2. The molecule has 4 aliphatic rings. The van der Waals surface area contributed by atoms with Crippen molar-refractivity contribution < 1.29 is 0 Å². The van der Waals surface area contributed by atoms with Crippen LogP contribution in [0.1, 0.15) is 44.5 Å².